The van der Waals surface area contributed by atoms with E-state index in [9.17, 15) is 4.79 Å². The molecule has 1 unspecified atom stereocenters. The highest BCUT2D eigenvalue weighted by Gasteiger charge is 2.28. The summed E-state index contributed by atoms with van der Waals surface area (Å²) >= 11 is 0. The van der Waals surface area contributed by atoms with Gasteiger partial charge in [0.2, 0.25) is 5.91 Å². The Morgan fingerprint density at radius 2 is 2.11 bits per heavy atom. The first-order valence-electron chi connectivity index (χ1n) is 7.17. The van der Waals surface area contributed by atoms with Crippen molar-refractivity contribution in [1.82, 2.24) is 10.2 Å². The molecule has 1 amide bonds. The van der Waals surface area contributed by atoms with Gasteiger partial charge >= 0.3 is 0 Å². The molecule has 1 fully saturated rings. The highest BCUT2D eigenvalue weighted by atomic mass is 16.2. The molecule has 3 heteroatoms. The molecule has 0 bridgehead atoms. The zero-order chi connectivity index (χ0) is 13.8. The summed E-state index contributed by atoms with van der Waals surface area (Å²) in [5, 5.41) is 3.37. The summed E-state index contributed by atoms with van der Waals surface area (Å²) in [7, 11) is 0. The first kappa shape index (κ1) is 14.1. The van der Waals surface area contributed by atoms with Crippen molar-refractivity contribution in [2.24, 2.45) is 0 Å². The molecule has 0 spiro atoms. The number of carbonyl (C=O) groups is 1. The van der Waals surface area contributed by atoms with Gasteiger partial charge in [0.15, 0.2) is 0 Å². The highest BCUT2D eigenvalue weighted by molar-refractivity contribution is 5.82. The summed E-state index contributed by atoms with van der Waals surface area (Å²) in [6.45, 7) is 7.90. The van der Waals surface area contributed by atoms with E-state index in [1.54, 1.807) is 0 Å². The van der Waals surface area contributed by atoms with Crippen molar-refractivity contribution in [3.63, 3.8) is 0 Å². The lowest BCUT2D eigenvalue weighted by molar-refractivity contribution is -0.136. The van der Waals surface area contributed by atoms with Crippen LogP contribution in [0.2, 0.25) is 0 Å². The molecule has 1 N–H and O–H groups in total. The Morgan fingerprint density at radius 3 is 2.79 bits per heavy atom. The Kier molecular flexibility index (Phi) is 4.59. The third-order valence-corrected chi connectivity index (χ3v) is 3.69. The average molecular weight is 260 g/mol. The third kappa shape index (κ3) is 3.57. The molecular weight excluding hydrogens is 236 g/mol. The summed E-state index contributed by atoms with van der Waals surface area (Å²) in [5.41, 5.74) is 2.51. The van der Waals surface area contributed by atoms with Crippen molar-refractivity contribution in [3.05, 3.63) is 35.4 Å². The van der Waals surface area contributed by atoms with Crippen LogP contribution in [0.5, 0.6) is 0 Å². The van der Waals surface area contributed by atoms with Gasteiger partial charge in [-0.2, -0.15) is 0 Å². The van der Waals surface area contributed by atoms with E-state index < -0.39 is 0 Å². The highest BCUT2D eigenvalue weighted by Crippen LogP contribution is 2.17. The Morgan fingerprint density at radius 1 is 1.37 bits per heavy atom. The van der Waals surface area contributed by atoms with Crippen molar-refractivity contribution in [1.29, 1.82) is 0 Å². The topological polar surface area (TPSA) is 32.3 Å². The van der Waals surface area contributed by atoms with Gasteiger partial charge in [-0.15, -0.1) is 0 Å². The van der Waals surface area contributed by atoms with Gasteiger partial charge in [0.05, 0.1) is 6.04 Å². The fourth-order valence-electron chi connectivity index (χ4n) is 2.65. The van der Waals surface area contributed by atoms with E-state index in [0.29, 0.717) is 6.04 Å². The van der Waals surface area contributed by atoms with Gasteiger partial charge in [0.25, 0.3) is 0 Å². The Bertz CT molecular complexity index is 442. The molecule has 3 nitrogen and oxygen atoms in total. The Balaban J connectivity index is 2.04. The fourth-order valence-corrected chi connectivity index (χ4v) is 2.65. The largest absolute Gasteiger partial charge is 0.337 e. The maximum atomic E-state index is 12.4. The molecule has 2 rings (SSSR count). The molecule has 0 aliphatic carbocycles. The number of hydrogen-bond donors (Lipinski definition) is 1. The molecule has 0 saturated carbocycles. The molecule has 0 radical (unpaired) electrons. The van der Waals surface area contributed by atoms with Crippen molar-refractivity contribution in [2.75, 3.05) is 6.54 Å². The number of nitrogens with one attached hydrogen (secondary N) is 1. The number of rotatable bonds is 4. The van der Waals surface area contributed by atoms with E-state index in [1.165, 1.54) is 11.1 Å². The zero-order valence-electron chi connectivity index (χ0n) is 12.1. The molecule has 1 aromatic rings. The van der Waals surface area contributed by atoms with E-state index in [0.717, 1.165) is 25.9 Å². The van der Waals surface area contributed by atoms with Gasteiger partial charge in [0, 0.05) is 19.1 Å². The Hall–Kier alpha value is -1.35. The smallest absolute Gasteiger partial charge is 0.240 e. The molecule has 1 saturated heterocycles. The molecule has 19 heavy (non-hydrogen) atoms. The second kappa shape index (κ2) is 6.20. The summed E-state index contributed by atoms with van der Waals surface area (Å²) < 4.78 is 0. The molecule has 1 heterocycles. The lowest BCUT2D eigenvalue weighted by Gasteiger charge is -2.34. The number of benzene rings is 1. The van der Waals surface area contributed by atoms with Crippen molar-refractivity contribution >= 4 is 5.91 Å². The van der Waals surface area contributed by atoms with Crippen molar-refractivity contribution in [2.45, 2.75) is 52.2 Å². The minimum Gasteiger partial charge on any atom is -0.337 e. The van der Waals surface area contributed by atoms with E-state index in [-0.39, 0.29) is 11.9 Å². The fraction of sp³-hybridized carbons (Fsp3) is 0.562. The van der Waals surface area contributed by atoms with Gasteiger partial charge < -0.3 is 10.2 Å². The van der Waals surface area contributed by atoms with Crippen LogP contribution in [0, 0.1) is 6.92 Å². The van der Waals surface area contributed by atoms with Gasteiger partial charge in [-0.3, -0.25) is 4.79 Å². The maximum Gasteiger partial charge on any atom is 0.240 e. The summed E-state index contributed by atoms with van der Waals surface area (Å²) in [6.07, 6.45) is 2.04. The lowest BCUT2D eigenvalue weighted by atomic mass is 10.0. The number of piperidine rings is 1. The number of aryl methyl sites for hydroxylation is 1. The van der Waals surface area contributed by atoms with E-state index in [2.05, 4.69) is 38.2 Å². The van der Waals surface area contributed by atoms with Gasteiger partial charge in [0.1, 0.15) is 0 Å². The minimum atomic E-state index is -0.00207. The van der Waals surface area contributed by atoms with Gasteiger partial charge in [-0.05, 0) is 30.9 Å². The van der Waals surface area contributed by atoms with Crippen LogP contribution < -0.4 is 5.32 Å². The van der Waals surface area contributed by atoms with Crippen molar-refractivity contribution < 1.29 is 4.79 Å². The average Bonchev–Trinajstić information content (AvgIpc) is 2.36. The number of likely N-dealkylation sites (tertiary alicyclic amines) is 1. The van der Waals surface area contributed by atoms with Crippen LogP contribution in [-0.4, -0.2) is 29.4 Å². The lowest BCUT2D eigenvalue weighted by Crippen LogP contribution is -2.52. The molecule has 1 aromatic carbocycles. The number of carbonyl (C=O) groups excluding carboxylic acids is 1. The predicted molar refractivity (Wildman–Crippen MR) is 77.9 cm³/mol. The molecule has 1 atom stereocenters. The SMILES string of the molecule is Cc1ccccc1CN1CCCC(NC(C)C)C1=O. The summed E-state index contributed by atoms with van der Waals surface area (Å²) in [4.78, 5) is 14.4. The van der Waals surface area contributed by atoms with Crippen LogP contribution in [0.3, 0.4) is 0 Å². The van der Waals surface area contributed by atoms with E-state index >= 15 is 0 Å². The first-order valence-corrected chi connectivity index (χ1v) is 7.17. The number of hydrogen-bond acceptors (Lipinski definition) is 2. The zero-order valence-corrected chi connectivity index (χ0v) is 12.1. The van der Waals surface area contributed by atoms with Gasteiger partial charge in [-0.1, -0.05) is 38.1 Å². The monoisotopic (exact) mass is 260 g/mol. The van der Waals surface area contributed by atoms with E-state index in [1.807, 2.05) is 17.0 Å². The molecule has 0 aromatic heterocycles. The maximum absolute atomic E-state index is 12.4. The quantitative estimate of drug-likeness (QED) is 0.902. The second-order valence-electron chi connectivity index (χ2n) is 5.70. The summed E-state index contributed by atoms with van der Waals surface area (Å²) in [6, 6.07) is 8.65. The van der Waals surface area contributed by atoms with Crippen LogP contribution in [-0.2, 0) is 11.3 Å². The van der Waals surface area contributed by atoms with Crippen LogP contribution in [0.15, 0.2) is 24.3 Å². The summed E-state index contributed by atoms with van der Waals surface area (Å²) in [5.74, 6) is 0.253. The van der Waals surface area contributed by atoms with Gasteiger partial charge in [-0.25, -0.2) is 0 Å². The van der Waals surface area contributed by atoms with Crippen molar-refractivity contribution in [3.8, 4) is 0 Å². The van der Waals surface area contributed by atoms with Crippen LogP contribution in [0.25, 0.3) is 0 Å². The van der Waals surface area contributed by atoms with Crippen LogP contribution >= 0.6 is 0 Å². The number of amides is 1. The molecule has 104 valence electrons. The normalized spacial score (nSPS) is 20.1. The second-order valence-corrected chi connectivity index (χ2v) is 5.70. The molecule has 1 aliphatic rings. The first-order chi connectivity index (χ1) is 9.08. The minimum absolute atomic E-state index is 0.00207. The van der Waals surface area contributed by atoms with Crippen LogP contribution in [0.1, 0.15) is 37.8 Å². The molecule has 1 aliphatic heterocycles. The standard InChI is InChI=1S/C16H24N2O/c1-12(2)17-15-9-6-10-18(16(15)19)11-14-8-5-4-7-13(14)3/h4-5,7-8,12,15,17H,6,9-11H2,1-3H3. The number of nitrogens with zero attached hydrogens (tertiary/aromatic N) is 1. The van der Waals surface area contributed by atoms with E-state index in [4.69, 9.17) is 0 Å². The Labute approximate surface area is 116 Å². The molecular formula is C16H24N2O. The third-order valence-electron chi connectivity index (χ3n) is 3.69. The van der Waals surface area contributed by atoms with Crippen LogP contribution in [0.4, 0.5) is 0 Å². The predicted octanol–water partition coefficient (Wildman–Crippen LogP) is 2.48.